The van der Waals surface area contributed by atoms with Crippen molar-refractivity contribution in [3.8, 4) is 11.1 Å². The summed E-state index contributed by atoms with van der Waals surface area (Å²) in [6.45, 7) is 8.30. The molecule has 3 heterocycles. The van der Waals surface area contributed by atoms with Crippen LogP contribution in [0.5, 0.6) is 0 Å². The maximum atomic E-state index is 13.9. The molecule has 1 aliphatic carbocycles. The lowest BCUT2D eigenvalue weighted by molar-refractivity contribution is -0.150. The molecule has 9 heteroatoms. The summed E-state index contributed by atoms with van der Waals surface area (Å²) in [5.41, 5.74) is 3.56. The zero-order valence-corrected chi connectivity index (χ0v) is 24.0. The smallest absolute Gasteiger partial charge is 0.410 e. The topological polar surface area (TPSA) is 86.1 Å². The third-order valence-electron chi connectivity index (χ3n) is 7.27. The summed E-state index contributed by atoms with van der Waals surface area (Å²) in [5, 5.41) is 1.06. The van der Waals surface area contributed by atoms with E-state index in [1.54, 1.807) is 12.0 Å². The molecule has 2 aliphatic rings. The second kappa shape index (κ2) is 12.0. The second-order valence-electron chi connectivity index (χ2n) is 11.6. The molecule has 3 aromatic rings. The first kappa shape index (κ1) is 28.1. The minimum absolute atomic E-state index is 0.0822. The molecule has 0 spiro atoms. The summed E-state index contributed by atoms with van der Waals surface area (Å²) in [7, 11) is 1.71. The van der Waals surface area contributed by atoms with Crippen molar-refractivity contribution >= 4 is 23.0 Å². The maximum Gasteiger partial charge on any atom is 0.410 e. The number of morpholine rings is 1. The van der Waals surface area contributed by atoms with Crippen LogP contribution in [0.3, 0.4) is 0 Å². The van der Waals surface area contributed by atoms with Gasteiger partial charge in [0.2, 0.25) is 0 Å². The average Bonchev–Trinajstić information content (AvgIpc) is 3.73. The lowest BCUT2D eigenvalue weighted by Gasteiger charge is -2.36. The Balaban J connectivity index is 1.44. The number of methoxy groups -OCH3 is 1. The molecule has 2 fully saturated rings. The Kier molecular flexibility index (Phi) is 8.42. The first-order chi connectivity index (χ1) is 19.2. The van der Waals surface area contributed by atoms with Crippen molar-refractivity contribution in [3.63, 3.8) is 0 Å². The number of carbonyl (C=O) groups excluding carboxylic acids is 2. The molecule has 1 unspecified atom stereocenters. The van der Waals surface area contributed by atoms with Crippen LogP contribution in [-0.2, 0) is 32.1 Å². The van der Waals surface area contributed by atoms with Gasteiger partial charge in [0, 0.05) is 57.2 Å². The Morgan fingerprint density at radius 3 is 2.62 bits per heavy atom. The molecule has 9 nitrogen and oxygen atoms in total. The quantitative estimate of drug-likeness (QED) is 0.355. The normalized spacial score (nSPS) is 17.7. The summed E-state index contributed by atoms with van der Waals surface area (Å²) in [4.78, 5) is 34.9. The van der Waals surface area contributed by atoms with E-state index in [-0.39, 0.29) is 18.5 Å². The lowest BCUT2D eigenvalue weighted by Crippen LogP contribution is -2.53. The van der Waals surface area contributed by atoms with Crippen LogP contribution in [0.25, 0.3) is 22.2 Å². The summed E-state index contributed by atoms with van der Waals surface area (Å²) >= 11 is 0. The molecule has 1 saturated carbocycles. The van der Waals surface area contributed by atoms with Crippen molar-refractivity contribution in [2.45, 2.75) is 70.9 Å². The molecular formula is C31H40N4O5. The van der Waals surface area contributed by atoms with Crippen LogP contribution in [0.2, 0.25) is 0 Å². The van der Waals surface area contributed by atoms with E-state index in [9.17, 15) is 9.59 Å². The third kappa shape index (κ3) is 6.47. The van der Waals surface area contributed by atoms with Gasteiger partial charge in [0.05, 0.1) is 13.2 Å². The Labute approximate surface area is 236 Å². The highest BCUT2D eigenvalue weighted by molar-refractivity contribution is 5.96. The highest BCUT2D eigenvalue weighted by Crippen LogP contribution is 2.35. The highest BCUT2D eigenvalue weighted by Gasteiger charge is 2.40. The van der Waals surface area contributed by atoms with Crippen molar-refractivity contribution in [1.82, 2.24) is 19.4 Å². The highest BCUT2D eigenvalue weighted by atomic mass is 16.6. The van der Waals surface area contributed by atoms with E-state index in [0.29, 0.717) is 26.3 Å². The molecule has 214 valence electrons. The Morgan fingerprint density at radius 1 is 1.15 bits per heavy atom. The molecule has 0 bridgehead atoms. The van der Waals surface area contributed by atoms with Gasteiger partial charge in [-0.3, -0.25) is 4.79 Å². The summed E-state index contributed by atoms with van der Waals surface area (Å²) in [6, 6.07) is 12.5. The number of amides is 2. The number of hydrogen-bond acceptors (Lipinski definition) is 6. The fourth-order valence-electron chi connectivity index (χ4n) is 5.26. The predicted octanol–water partition coefficient (Wildman–Crippen LogP) is 4.87. The number of aryl methyl sites for hydroxylation is 1. The summed E-state index contributed by atoms with van der Waals surface area (Å²) in [6.07, 6.45) is 5.64. The number of aromatic nitrogens is 2. The van der Waals surface area contributed by atoms with E-state index in [1.165, 1.54) is 0 Å². The van der Waals surface area contributed by atoms with Crippen LogP contribution in [0.4, 0.5) is 4.79 Å². The SMILES string of the molecule is COCCCn1cc(CN(C(=O)C2CN(C(=O)OC(C)(C)C)CCO2)C2CC2)c2c(-c3ccccc3)ccnc21. The maximum absolute atomic E-state index is 13.9. The Bertz CT molecular complexity index is 1330. The van der Waals surface area contributed by atoms with E-state index in [4.69, 9.17) is 19.2 Å². The molecule has 1 aliphatic heterocycles. The summed E-state index contributed by atoms with van der Waals surface area (Å²) < 4.78 is 18.9. The van der Waals surface area contributed by atoms with Crippen LogP contribution < -0.4 is 0 Å². The van der Waals surface area contributed by atoms with Gasteiger partial charge in [-0.1, -0.05) is 30.3 Å². The van der Waals surface area contributed by atoms with Gasteiger partial charge in [-0.25, -0.2) is 9.78 Å². The number of pyridine rings is 1. The van der Waals surface area contributed by atoms with Gasteiger partial charge in [0.15, 0.2) is 6.10 Å². The molecular weight excluding hydrogens is 508 g/mol. The average molecular weight is 549 g/mol. The fraction of sp³-hybridized carbons (Fsp3) is 0.516. The van der Waals surface area contributed by atoms with Crippen LogP contribution in [0, 0.1) is 0 Å². The van der Waals surface area contributed by atoms with Gasteiger partial charge in [-0.15, -0.1) is 0 Å². The standard InChI is InChI=1S/C31H40N4O5/c1-31(2,3)40-30(37)34-16-18-39-26(21-34)29(36)35(24-11-12-24)20-23-19-33(15-8-17-38-4)28-27(23)25(13-14-32-28)22-9-6-5-7-10-22/h5-7,9-10,13-14,19,24,26H,8,11-12,15-18,20-21H2,1-4H3. The monoisotopic (exact) mass is 548 g/mol. The van der Waals surface area contributed by atoms with Gasteiger partial charge in [-0.05, 0) is 62.8 Å². The molecule has 1 atom stereocenters. The minimum Gasteiger partial charge on any atom is -0.444 e. The van der Waals surface area contributed by atoms with Crippen molar-refractivity contribution in [1.29, 1.82) is 0 Å². The molecule has 1 aromatic carbocycles. The van der Waals surface area contributed by atoms with Gasteiger partial charge in [-0.2, -0.15) is 0 Å². The van der Waals surface area contributed by atoms with E-state index in [0.717, 1.165) is 53.5 Å². The van der Waals surface area contributed by atoms with Crippen molar-refractivity contribution in [3.05, 3.63) is 54.4 Å². The van der Waals surface area contributed by atoms with Crippen molar-refractivity contribution in [2.75, 3.05) is 33.4 Å². The van der Waals surface area contributed by atoms with E-state index < -0.39 is 17.8 Å². The van der Waals surface area contributed by atoms with Crippen molar-refractivity contribution in [2.24, 2.45) is 0 Å². The van der Waals surface area contributed by atoms with Crippen LogP contribution in [-0.4, -0.2) is 82.5 Å². The first-order valence-corrected chi connectivity index (χ1v) is 14.2. The zero-order chi connectivity index (χ0) is 28.3. The third-order valence-corrected chi connectivity index (χ3v) is 7.27. The molecule has 40 heavy (non-hydrogen) atoms. The number of hydrogen-bond donors (Lipinski definition) is 0. The largest absolute Gasteiger partial charge is 0.444 e. The first-order valence-electron chi connectivity index (χ1n) is 14.2. The van der Waals surface area contributed by atoms with Gasteiger partial charge in [0.1, 0.15) is 11.2 Å². The number of benzene rings is 1. The Morgan fingerprint density at radius 2 is 1.93 bits per heavy atom. The minimum atomic E-state index is -0.719. The predicted molar refractivity (Wildman–Crippen MR) is 153 cm³/mol. The molecule has 1 saturated heterocycles. The Hall–Kier alpha value is -3.43. The number of fused-ring (bicyclic) bond motifs is 1. The number of carbonyl (C=O) groups is 2. The zero-order valence-electron chi connectivity index (χ0n) is 24.0. The second-order valence-corrected chi connectivity index (χ2v) is 11.6. The molecule has 5 rings (SSSR count). The van der Waals surface area contributed by atoms with Gasteiger partial charge in [0.25, 0.3) is 5.91 Å². The number of rotatable bonds is 9. The molecule has 0 N–H and O–H groups in total. The summed E-state index contributed by atoms with van der Waals surface area (Å²) in [5.74, 6) is -0.0822. The van der Waals surface area contributed by atoms with Gasteiger partial charge < -0.3 is 28.6 Å². The number of ether oxygens (including phenoxy) is 3. The molecule has 2 aromatic heterocycles. The van der Waals surface area contributed by atoms with Crippen LogP contribution in [0.1, 0.15) is 45.6 Å². The van der Waals surface area contributed by atoms with E-state index in [1.807, 2.05) is 56.1 Å². The van der Waals surface area contributed by atoms with Crippen molar-refractivity contribution < 1.29 is 23.8 Å². The van der Waals surface area contributed by atoms with E-state index in [2.05, 4.69) is 22.9 Å². The van der Waals surface area contributed by atoms with E-state index >= 15 is 0 Å². The number of nitrogens with zero attached hydrogens (tertiary/aromatic N) is 4. The molecule has 2 amide bonds. The van der Waals surface area contributed by atoms with Crippen LogP contribution >= 0.6 is 0 Å². The van der Waals surface area contributed by atoms with Crippen LogP contribution in [0.15, 0.2) is 48.8 Å². The fourth-order valence-corrected chi connectivity index (χ4v) is 5.26. The van der Waals surface area contributed by atoms with Gasteiger partial charge >= 0.3 is 6.09 Å². The molecule has 0 radical (unpaired) electrons. The lowest BCUT2D eigenvalue weighted by atomic mass is 10.0.